The molecule has 3 atom stereocenters. The Labute approximate surface area is 341 Å². The molecule has 0 aliphatic carbocycles. The van der Waals surface area contributed by atoms with Crippen LogP contribution in [0.3, 0.4) is 0 Å². The summed E-state index contributed by atoms with van der Waals surface area (Å²) in [6, 6.07) is 11.1. The molecular weight excluding hydrogens is 778 g/mol. The Bertz CT molecular complexity index is 1930. The molecule has 2 rings (SSSR count). The predicted molar refractivity (Wildman–Crippen MR) is 216 cm³/mol. The van der Waals surface area contributed by atoms with Gasteiger partial charge < -0.3 is 15.0 Å². The molecule has 0 aliphatic heterocycles. The summed E-state index contributed by atoms with van der Waals surface area (Å²) in [7, 11) is -1.31. The molecular formula is C42H59F3N4O8S. The number of carbonyl (C=O) groups excluding carboxylic acids is 5. The number of nitrogens with one attached hydrogen (secondary N) is 2. The highest BCUT2D eigenvalue weighted by Crippen LogP contribution is 2.32. The number of ether oxygens (including phenoxy) is 1. The van der Waals surface area contributed by atoms with Gasteiger partial charge in [-0.25, -0.2) is 17.9 Å². The lowest BCUT2D eigenvalue weighted by atomic mass is 9.76. The average Bonchev–Trinajstić information content (AvgIpc) is 3.07. The van der Waals surface area contributed by atoms with Gasteiger partial charge >= 0.3 is 12.3 Å². The summed E-state index contributed by atoms with van der Waals surface area (Å²) in [6.07, 6.45) is -5.17. The molecule has 16 heteroatoms. The van der Waals surface area contributed by atoms with Crippen molar-refractivity contribution < 1.29 is 50.3 Å². The third-order valence-corrected chi connectivity index (χ3v) is 10.7. The average molecular weight is 837 g/mol. The minimum Gasteiger partial charge on any atom is -0.444 e. The summed E-state index contributed by atoms with van der Waals surface area (Å²) in [5, 5.41) is 2.93. The molecule has 0 radical (unpaired) electrons. The van der Waals surface area contributed by atoms with E-state index in [0.29, 0.717) is 0 Å². The van der Waals surface area contributed by atoms with Crippen molar-refractivity contribution in [3.63, 3.8) is 0 Å². The van der Waals surface area contributed by atoms with Gasteiger partial charge in [-0.1, -0.05) is 109 Å². The molecule has 0 saturated carbocycles. The summed E-state index contributed by atoms with van der Waals surface area (Å²) < 4.78 is 71.4. The number of alkyl halides is 3. The number of likely N-dealkylation sites (N-methyl/N-ethyl adjacent to an activating group) is 2. The number of sulfonamides is 1. The van der Waals surface area contributed by atoms with Crippen LogP contribution in [0, 0.1) is 11.3 Å². The number of halogens is 3. The Kier molecular flexibility index (Phi) is 16.1. The van der Waals surface area contributed by atoms with E-state index in [2.05, 4.69) is 5.32 Å². The molecule has 2 aromatic rings. The summed E-state index contributed by atoms with van der Waals surface area (Å²) in [5.74, 6) is -4.98. The Morgan fingerprint density at radius 2 is 1.33 bits per heavy atom. The molecule has 58 heavy (non-hydrogen) atoms. The van der Waals surface area contributed by atoms with Gasteiger partial charge in [0.05, 0.1) is 11.8 Å². The minimum atomic E-state index is -5.00. The van der Waals surface area contributed by atoms with Crippen LogP contribution in [0.25, 0.3) is 0 Å². The maximum atomic E-state index is 14.5. The second kappa shape index (κ2) is 18.9. The number of hydrogen-bond donors (Lipinski definition) is 2. The van der Waals surface area contributed by atoms with Crippen LogP contribution in [0.15, 0.2) is 66.2 Å². The number of benzene rings is 2. The largest absolute Gasteiger partial charge is 0.450 e. The van der Waals surface area contributed by atoms with E-state index >= 15 is 0 Å². The second-order valence-electron chi connectivity index (χ2n) is 17.5. The van der Waals surface area contributed by atoms with Crippen molar-refractivity contribution in [1.82, 2.24) is 19.8 Å². The highest BCUT2D eigenvalue weighted by Gasteiger charge is 2.46. The van der Waals surface area contributed by atoms with Crippen molar-refractivity contribution in [2.75, 3.05) is 14.1 Å². The van der Waals surface area contributed by atoms with Crippen molar-refractivity contribution in [3.05, 3.63) is 82.9 Å². The molecule has 0 aromatic heterocycles. The lowest BCUT2D eigenvalue weighted by Gasteiger charge is -2.42. The first-order chi connectivity index (χ1) is 26.3. The number of nitrogens with zero attached hydrogens (tertiary/aromatic N) is 2. The molecule has 12 nitrogen and oxygen atoms in total. The van der Waals surface area contributed by atoms with E-state index in [0.717, 1.165) is 5.56 Å². The molecule has 0 saturated heterocycles. The van der Waals surface area contributed by atoms with Gasteiger partial charge in [-0.2, -0.15) is 13.2 Å². The molecule has 2 N–H and O–H groups in total. The van der Waals surface area contributed by atoms with E-state index in [9.17, 15) is 45.6 Å². The van der Waals surface area contributed by atoms with Gasteiger partial charge in [0.15, 0.2) is 0 Å². The lowest BCUT2D eigenvalue weighted by molar-refractivity contribution is -0.170. The van der Waals surface area contributed by atoms with E-state index in [1.807, 2.05) is 48.9 Å². The summed E-state index contributed by atoms with van der Waals surface area (Å²) >= 11 is 0. The van der Waals surface area contributed by atoms with Crippen LogP contribution >= 0.6 is 0 Å². The second-order valence-corrected chi connectivity index (χ2v) is 19.2. The van der Waals surface area contributed by atoms with Gasteiger partial charge in [0, 0.05) is 31.5 Å². The Morgan fingerprint density at radius 1 is 0.810 bits per heavy atom. The minimum absolute atomic E-state index is 0.0251. The molecule has 2 aromatic carbocycles. The van der Waals surface area contributed by atoms with E-state index in [4.69, 9.17) is 4.74 Å². The van der Waals surface area contributed by atoms with Crippen molar-refractivity contribution in [2.24, 2.45) is 11.3 Å². The smallest absolute Gasteiger partial charge is 0.444 e. The van der Waals surface area contributed by atoms with Gasteiger partial charge in [0.2, 0.25) is 27.6 Å². The highest BCUT2D eigenvalue weighted by atomic mass is 32.2. The monoisotopic (exact) mass is 836 g/mol. The molecule has 0 unspecified atom stereocenters. The Hall–Kier alpha value is -4.73. The van der Waals surface area contributed by atoms with Gasteiger partial charge in [0.25, 0.3) is 5.91 Å². The first-order valence-corrected chi connectivity index (χ1v) is 20.4. The zero-order chi connectivity index (χ0) is 44.8. The summed E-state index contributed by atoms with van der Waals surface area (Å²) in [6.45, 7) is 19.1. The molecule has 4 amide bonds. The van der Waals surface area contributed by atoms with Gasteiger partial charge in [-0.05, 0) is 55.7 Å². The number of amides is 4. The summed E-state index contributed by atoms with van der Waals surface area (Å²) in [4.78, 5) is 69.4. The van der Waals surface area contributed by atoms with Crippen molar-refractivity contribution in [2.45, 2.75) is 124 Å². The number of carbonyl (C=O) groups is 5. The van der Waals surface area contributed by atoms with Crippen molar-refractivity contribution in [3.8, 4) is 0 Å². The van der Waals surface area contributed by atoms with Gasteiger partial charge in [-0.15, -0.1) is 0 Å². The SMILES string of the molecule is C/C(=C\[C@H](C(C)C)N(C)C(=O)[C@@H](NC(=O)[C@@H](N(C)C(=O)OC(C)(C)C)C(C)(C)c1ccccc1)C(C)(C)C)C(=O)NS(=O)(=O)Cc1ccc(CC(=O)C(F)(F)F)cc1. The molecule has 0 spiro atoms. The first-order valence-electron chi connectivity index (χ1n) is 18.8. The normalized spacial score (nSPS) is 14.5. The third-order valence-electron chi connectivity index (χ3n) is 9.48. The van der Waals surface area contributed by atoms with E-state index in [-0.39, 0.29) is 22.6 Å². The van der Waals surface area contributed by atoms with Crippen LogP contribution in [0.4, 0.5) is 18.0 Å². The van der Waals surface area contributed by atoms with Gasteiger partial charge in [-0.3, -0.25) is 24.1 Å². The van der Waals surface area contributed by atoms with Crippen LogP contribution in [0.1, 0.15) is 92.9 Å². The van der Waals surface area contributed by atoms with E-state index in [1.165, 1.54) is 61.2 Å². The number of hydrogen-bond acceptors (Lipinski definition) is 8. The fraction of sp³-hybridized carbons (Fsp3) is 0.548. The third kappa shape index (κ3) is 14.0. The Morgan fingerprint density at radius 3 is 1.79 bits per heavy atom. The number of ketones is 1. The number of rotatable bonds is 15. The van der Waals surface area contributed by atoms with Gasteiger partial charge in [0.1, 0.15) is 17.7 Å². The quantitative estimate of drug-likeness (QED) is 0.193. The van der Waals surface area contributed by atoms with E-state index in [1.54, 1.807) is 55.4 Å². The predicted octanol–water partition coefficient (Wildman–Crippen LogP) is 6.48. The van der Waals surface area contributed by atoms with Crippen LogP contribution in [-0.4, -0.2) is 91.8 Å². The zero-order valence-electron chi connectivity index (χ0n) is 35.7. The van der Waals surface area contributed by atoms with Crippen LogP contribution in [0.2, 0.25) is 0 Å². The lowest BCUT2D eigenvalue weighted by Crippen LogP contribution is -2.63. The molecule has 0 fully saturated rings. The standard InChI is InChI=1S/C42H59F3N4O8S/c1-26(2)31(23-27(3)35(51)47-58(55,56)25-29-21-19-28(20-22-29)24-32(50)42(43,44)45)48(12)37(53)33(39(4,5)6)46-36(52)34(49(13)38(54)57-40(7,8)9)41(10,11)30-17-15-14-16-18-30/h14-23,26,31,33-34H,24-25H2,1-13H3,(H,46,52)(H,47,51)/b27-23+/t31-,33-,34-/m1/s1. The molecule has 0 heterocycles. The van der Waals surface area contributed by atoms with E-state index < -0.39 is 92.5 Å². The molecule has 0 aliphatic rings. The molecule has 322 valence electrons. The first kappa shape index (κ1) is 49.4. The van der Waals surface area contributed by atoms with Crippen LogP contribution < -0.4 is 10.0 Å². The topological polar surface area (TPSA) is 159 Å². The number of Topliss-reactive ketones (excluding diaryl/α,β-unsaturated/α-hetero) is 1. The summed E-state index contributed by atoms with van der Waals surface area (Å²) in [5.41, 5.74) is -1.73. The maximum absolute atomic E-state index is 14.5. The van der Waals surface area contributed by atoms with Crippen molar-refractivity contribution >= 4 is 39.6 Å². The fourth-order valence-corrected chi connectivity index (χ4v) is 7.42. The van der Waals surface area contributed by atoms with Crippen molar-refractivity contribution in [1.29, 1.82) is 0 Å². The fourth-order valence-electron chi connectivity index (χ4n) is 6.27. The van der Waals surface area contributed by atoms with Crippen LogP contribution in [0.5, 0.6) is 0 Å². The Balaban J connectivity index is 2.38. The molecule has 0 bridgehead atoms. The van der Waals surface area contributed by atoms with Crippen LogP contribution in [-0.2, 0) is 51.5 Å². The zero-order valence-corrected chi connectivity index (χ0v) is 36.5. The maximum Gasteiger partial charge on any atom is 0.450 e. The highest BCUT2D eigenvalue weighted by molar-refractivity contribution is 7.89.